The number of nitrogens with one attached hydrogen (secondary N) is 1. The number of sulfone groups is 1. The van der Waals surface area contributed by atoms with E-state index in [0.717, 1.165) is 27.6 Å². The number of hydrogen-bond acceptors (Lipinski definition) is 7. The number of aryl methyl sites for hydroxylation is 2. The van der Waals surface area contributed by atoms with Crippen molar-refractivity contribution in [3.8, 4) is 0 Å². The lowest BCUT2D eigenvalue weighted by molar-refractivity contribution is -0.120. The second-order valence-corrected chi connectivity index (χ2v) is 13.2. The zero-order valence-corrected chi connectivity index (χ0v) is 21.0. The van der Waals surface area contributed by atoms with Crippen LogP contribution in [-0.2, 0) is 24.7 Å². The highest BCUT2D eigenvalue weighted by molar-refractivity contribution is 7.93. The average molecular weight is 508 g/mol. The molecule has 1 aromatic heterocycles. The second-order valence-electron chi connectivity index (χ2n) is 8.31. The van der Waals surface area contributed by atoms with E-state index < -0.39 is 19.9 Å². The largest absolute Gasteiger partial charge is 0.302 e. The molecule has 0 bridgehead atoms. The molecule has 1 saturated heterocycles. The summed E-state index contributed by atoms with van der Waals surface area (Å²) in [5, 5.41) is 3.40. The molecule has 0 radical (unpaired) electrons. The minimum Gasteiger partial charge on any atom is -0.302 e. The summed E-state index contributed by atoms with van der Waals surface area (Å²) in [4.78, 5) is 16.9. The number of aromatic nitrogens is 1. The Hall–Kier alpha value is -2.34. The van der Waals surface area contributed by atoms with Gasteiger partial charge in [-0.25, -0.2) is 21.8 Å². The fraction of sp³-hybridized carbons (Fsp3) is 0.364. The van der Waals surface area contributed by atoms with Gasteiger partial charge in [-0.05, 0) is 62.1 Å². The number of anilines is 1. The van der Waals surface area contributed by atoms with Crippen LogP contribution in [0.4, 0.5) is 5.13 Å². The predicted octanol–water partition coefficient (Wildman–Crippen LogP) is 3.36. The molecule has 0 atom stereocenters. The van der Waals surface area contributed by atoms with Gasteiger partial charge in [-0.15, -0.1) is 0 Å². The molecule has 0 saturated carbocycles. The molecule has 4 rings (SSSR count). The molecular weight excluding hydrogens is 482 g/mol. The van der Waals surface area contributed by atoms with Crippen LogP contribution in [0.1, 0.15) is 24.0 Å². The van der Waals surface area contributed by atoms with Gasteiger partial charge in [-0.3, -0.25) is 4.79 Å². The molecule has 1 aliphatic rings. The number of benzene rings is 2. The molecule has 0 spiro atoms. The number of hydrogen-bond donors (Lipinski definition) is 1. The Balaban J connectivity index is 1.45. The van der Waals surface area contributed by atoms with Gasteiger partial charge in [0.2, 0.25) is 15.9 Å². The molecule has 0 unspecified atom stereocenters. The minimum absolute atomic E-state index is 0.136. The van der Waals surface area contributed by atoms with Crippen LogP contribution < -0.4 is 5.32 Å². The first kappa shape index (κ1) is 23.8. The minimum atomic E-state index is -4.00. The van der Waals surface area contributed by atoms with E-state index >= 15 is 0 Å². The molecular formula is C22H25N3O5S3. The van der Waals surface area contributed by atoms with Crippen LogP contribution >= 0.6 is 11.3 Å². The molecule has 0 aliphatic carbocycles. The molecule has 1 aliphatic heterocycles. The first-order valence-electron chi connectivity index (χ1n) is 10.4. The first-order chi connectivity index (χ1) is 15.5. The number of piperidine rings is 1. The van der Waals surface area contributed by atoms with Crippen LogP contribution in [-0.4, -0.2) is 51.4 Å². The number of nitrogens with zero attached hydrogens (tertiary/aromatic N) is 2. The van der Waals surface area contributed by atoms with Crippen molar-refractivity contribution in [2.24, 2.45) is 5.92 Å². The van der Waals surface area contributed by atoms with Crippen LogP contribution in [0.3, 0.4) is 0 Å². The molecule has 33 heavy (non-hydrogen) atoms. The number of carbonyl (C=O) groups is 1. The Morgan fingerprint density at radius 1 is 1.03 bits per heavy atom. The highest BCUT2D eigenvalue weighted by Crippen LogP contribution is 2.31. The summed E-state index contributed by atoms with van der Waals surface area (Å²) < 4.78 is 52.6. The van der Waals surface area contributed by atoms with Crippen molar-refractivity contribution < 1.29 is 21.6 Å². The average Bonchev–Trinajstić information content (AvgIpc) is 3.14. The maximum absolute atomic E-state index is 13.1. The summed E-state index contributed by atoms with van der Waals surface area (Å²) in [5.74, 6) is -0.534. The van der Waals surface area contributed by atoms with Gasteiger partial charge in [0.1, 0.15) is 4.90 Å². The maximum atomic E-state index is 13.1. The maximum Gasteiger partial charge on any atom is 0.244 e. The summed E-state index contributed by atoms with van der Waals surface area (Å²) in [6, 6.07) is 9.65. The van der Waals surface area contributed by atoms with Crippen molar-refractivity contribution in [1.29, 1.82) is 0 Å². The van der Waals surface area contributed by atoms with Crippen molar-refractivity contribution in [3.05, 3.63) is 47.5 Å². The number of fused-ring (bicyclic) bond motifs is 1. The van der Waals surface area contributed by atoms with Crippen molar-refractivity contribution in [3.63, 3.8) is 0 Å². The van der Waals surface area contributed by atoms with E-state index in [0.29, 0.717) is 18.0 Å². The van der Waals surface area contributed by atoms with E-state index in [1.807, 2.05) is 19.9 Å². The number of carbonyl (C=O) groups excluding carboxylic acids is 1. The molecule has 8 nitrogen and oxygen atoms in total. The molecule has 176 valence electrons. The molecule has 1 fully saturated rings. The Morgan fingerprint density at radius 2 is 1.64 bits per heavy atom. The van der Waals surface area contributed by atoms with Gasteiger partial charge in [0.25, 0.3) is 0 Å². The lowest BCUT2D eigenvalue weighted by Gasteiger charge is -2.30. The van der Waals surface area contributed by atoms with Gasteiger partial charge in [-0.1, -0.05) is 23.5 Å². The lowest BCUT2D eigenvalue weighted by atomic mass is 9.97. The normalized spacial score (nSPS) is 16.2. The van der Waals surface area contributed by atoms with Gasteiger partial charge >= 0.3 is 0 Å². The predicted molar refractivity (Wildman–Crippen MR) is 129 cm³/mol. The number of rotatable bonds is 5. The van der Waals surface area contributed by atoms with Crippen LogP contribution in [0.15, 0.2) is 46.2 Å². The molecule has 1 amide bonds. The van der Waals surface area contributed by atoms with Gasteiger partial charge in [0.15, 0.2) is 15.0 Å². The Bertz CT molecular complexity index is 1400. The first-order valence-corrected chi connectivity index (χ1v) is 14.6. The zero-order chi connectivity index (χ0) is 24.0. The molecule has 2 heterocycles. The van der Waals surface area contributed by atoms with Crippen molar-refractivity contribution in [2.45, 2.75) is 36.5 Å². The monoisotopic (exact) mass is 507 g/mol. The fourth-order valence-electron chi connectivity index (χ4n) is 3.91. The standard InChI is InChI=1S/C22H25N3O5S3/c1-14-12-17-18(13-15(14)2)31-22(23-17)24-21(26)16-8-10-25(11-9-16)33(29,30)20-7-5-4-6-19(20)32(3,27)28/h4-7,12-13,16H,8-11H2,1-3H3,(H,23,24,26). The number of sulfonamides is 1. The summed E-state index contributed by atoms with van der Waals surface area (Å²) in [5.41, 5.74) is 3.13. The zero-order valence-electron chi connectivity index (χ0n) is 18.5. The Morgan fingerprint density at radius 3 is 2.27 bits per heavy atom. The molecule has 11 heteroatoms. The third-order valence-corrected chi connectivity index (χ3v) is 10.1. The SMILES string of the molecule is Cc1cc2nc(NC(=O)C3CCN(S(=O)(=O)c4ccccc4S(C)(=O)=O)CC3)sc2cc1C. The van der Waals surface area contributed by atoms with Crippen molar-refractivity contribution in [1.82, 2.24) is 9.29 Å². The van der Waals surface area contributed by atoms with E-state index in [1.165, 1.54) is 39.9 Å². The summed E-state index contributed by atoms with van der Waals surface area (Å²) in [7, 11) is -7.70. The quantitative estimate of drug-likeness (QED) is 0.567. The van der Waals surface area contributed by atoms with Gasteiger partial charge in [0, 0.05) is 25.3 Å². The summed E-state index contributed by atoms with van der Waals surface area (Å²) >= 11 is 1.41. The topological polar surface area (TPSA) is 114 Å². The highest BCUT2D eigenvalue weighted by atomic mass is 32.2. The number of amides is 1. The second kappa shape index (κ2) is 8.79. The van der Waals surface area contributed by atoms with Crippen LogP contribution in [0.5, 0.6) is 0 Å². The third kappa shape index (κ3) is 4.81. The van der Waals surface area contributed by atoms with Crippen molar-refractivity contribution >= 4 is 52.5 Å². The summed E-state index contributed by atoms with van der Waals surface area (Å²) in [6.07, 6.45) is 1.67. The third-order valence-electron chi connectivity index (χ3n) is 5.93. The molecule has 3 aromatic rings. The number of thiazole rings is 1. The van der Waals surface area contributed by atoms with E-state index in [9.17, 15) is 21.6 Å². The van der Waals surface area contributed by atoms with Crippen LogP contribution in [0.25, 0.3) is 10.2 Å². The van der Waals surface area contributed by atoms with Gasteiger partial charge in [-0.2, -0.15) is 4.31 Å². The van der Waals surface area contributed by atoms with E-state index in [-0.39, 0.29) is 34.7 Å². The Labute approximate surface area is 197 Å². The van der Waals surface area contributed by atoms with E-state index in [2.05, 4.69) is 16.4 Å². The summed E-state index contributed by atoms with van der Waals surface area (Å²) in [6.45, 7) is 4.32. The van der Waals surface area contributed by atoms with E-state index in [1.54, 1.807) is 0 Å². The fourth-order valence-corrected chi connectivity index (χ4v) is 7.93. The van der Waals surface area contributed by atoms with Gasteiger partial charge < -0.3 is 5.32 Å². The lowest BCUT2D eigenvalue weighted by Crippen LogP contribution is -2.41. The van der Waals surface area contributed by atoms with E-state index in [4.69, 9.17) is 0 Å². The molecule has 2 aromatic carbocycles. The highest BCUT2D eigenvalue weighted by Gasteiger charge is 2.34. The van der Waals surface area contributed by atoms with Crippen LogP contribution in [0, 0.1) is 19.8 Å². The Kier molecular flexibility index (Phi) is 6.34. The molecule has 1 N–H and O–H groups in total. The van der Waals surface area contributed by atoms with Gasteiger partial charge in [0.05, 0.1) is 15.1 Å². The van der Waals surface area contributed by atoms with Crippen molar-refractivity contribution in [2.75, 3.05) is 24.7 Å². The smallest absolute Gasteiger partial charge is 0.244 e. The van der Waals surface area contributed by atoms with Crippen LogP contribution in [0.2, 0.25) is 0 Å².